The molecular weight excluding hydrogens is 356 g/mol. The Morgan fingerprint density at radius 3 is 2.81 bits per heavy atom. The monoisotopic (exact) mass is 378 g/mol. The van der Waals surface area contributed by atoms with Gasteiger partial charge in [-0.1, -0.05) is 36.7 Å². The molecule has 0 saturated heterocycles. The minimum Gasteiger partial charge on any atom is -0.308 e. The maximum atomic E-state index is 13.3. The van der Waals surface area contributed by atoms with E-state index >= 15 is 0 Å². The second kappa shape index (κ2) is 7.32. The number of carbonyl (C=O) groups is 1. The van der Waals surface area contributed by atoms with Gasteiger partial charge in [-0.15, -0.1) is 0 Å². The summed E-state index contributed by atoms with van der Waals surface area (Å²) in [6.45, 7) is 4.81. The molecule has 0 unspecified atom stereocenters. The van der Waals surface area contributed by atoms with Crippen LogP contribution in [0.15, 0.2) is 42.5 Å². The van der Waals surface area contributed by atoms with E-state index < -0.39 is 0 Å². The fraction of sp³-hybridized carbons (Fsp3) is 0.304. The summed E-state index contributed by atoms with van der Waals surface area (Å²) in [7, 11) is 0. The van der Waals surface area contributed by atoms with Crippen molar-refractivity contribution in [1.82, 2.24) is 4.98 Å². The van der Waals surface area contributed by atoms with E-state index in [0.717, 1.165) is 58.6 Å². The molecule has 0 bridgehead atoms. The Balaban J connectivity index is 1.75. The van der Waals surface area contributed by atoms with E-state index in [-0.39, 0.29) is 5.91 Å². The van der Waals surface area contributed by atoms with Gasteiger partial charge in [-0.25, -0.2) is 0 Å². The number of aryl methyl sites for hydroxylation is 2. The van der Waals surface area contributed by atoms with Crippen molar-refractivity contribution in [2.75, 3.05) is 11.4 Å². The Bertz CT molecular complexity index is 1030. The number of aromatic nitrogens is 1. The molecule has 0 spiro atoms. The zero-order valence-corrected chi connectivity index (χ0v) is 16.5. The summed E-state index contributed by atoms with van der Waals surface area (Å²) in [6, 6.07) is 13.8. The first-order chi connectivity index (χ1) is 13.1. The first-order valence-corrected chi connectivity index (χ1v) is 9.96. The van der Waals surface area contributed by atoms with E-state index in [1.807, 2.05) is 48.2 Å². The van der Waals surface area contributed by atoms with Crippen molar-refractivity contribution in [3.05, 3.63) is 69.9 Å². The Morgan fingerprint density at radius 1 is 1.19 bits per heavy atom. The average molecular weight is 379 g/mol. The molecule has 1 aromatic heterocycles. The molecule has 0 aliphatic heterocycles. The summed E-state index contributed by atoms with van der Waals surface area (Å²) in [4.78, 5) is 19.9. The molecule has 1 amide bonds. The third-order valence-corrected chi connectivity index (χ3v) is 5.63. The largest absolute Gasteiger partial charge is 0.308 e. The number of nitrogens with zero attached hydrogens (tertiary/aromatic N) is 2. The summed E-state index contributed by atoms with van der Waals surface area (Å²) in [5, 5.41) is 1.74. The number of fused-ring (bicyclic) bond motifs is 2. The molecule has 1 aliphatic rings. The zero-order valence-electron chi connectivity index (χ0n) is 15.8. The minimum absolute atomic E-state index is 0.00257. The molecule has 27 heavy (non-hydrogen) atoms. The van der Waals surface area contributed by atoms with Gasteiger partial charge in [0, 0.05) is 28.9 Å². The van der Waals surface area contributed by atoms with Crippen molar-refractivity contribution in [1.29, 1.82) is 0 Å². The highest BCUT2D eigenvalue weighted by atomic mass is 35.5. The summed E-state index contributed by atoms with van der Waals surface area (Å²) in [5.41, 5.74) is 5.80. The third kappa shape index (κ3) is 3.32. The highest BCUT2D eigenvalue weighted by Crippen LogP contribution is 2.34. The maximum absolute atomic E-state index is 13.3. The van der Waals surface area contributed by atoms with E-state index in [0.29, 0.717) is 12.1 Å². The van der Waals surface area contributed by atoms with Crippen LogP contribution < -0.4 is 4.90 Å². The van der Waals surface area contributed by atoms with Crippen LogP contribution in [0.4, 0.5) is 5.69 Å². The second-order valence-electron chi connectivity index (χ2n) is 7.23. The average Bonchev–Trinajstić information content (AvgIpc) is 3.14. The maximum Gasteiger partial charge on any atom is 0.258 e. The molecule has 0 fully saturated rings. The molecule has 4 heteroatoms. The number of amides is 1. The van der Waals surface area contributed by atoms with Gasteiger partial charge in [-0.05, 0) is 68.0 Å². The van der Waals surface area contributed by atoms with Crippen molar-refractivity contribution in [3.8, 4) is 0 Å². The van der Waals surface area contributed by atoms with Crippen LogP contribution in [0, 0.1) is 6.92 Å². The van der Waals surface area contributed by atoms with Crippen molar-refractivity contribution in [2.45, 2.75) is 39.5 Å². The van der Waals surface area contributed by atoms with Crippen LogP contribution >= 0.6 is 11.6 Å². The minimum atomic E-state index is 0.00257. The number of hydrogen-bond donors (Lipinski definition) is 0. The molecule has 0 N–H and O–H groups in total. The molecule has 2 aromatic carbocycles. The van der Waals surface area contributed by atoms with Crippen LogP contribution in [0.1, 0.15) is 46.9 Å². The summed E-state index contributed by atoms with van der Waals surface area (Å²) in [6.07, 6.45) is 3.95. The summed E-state index contributed by atoms with van der Waals surface area (Å²) < 4.78 is 0. The Labute approximate surface area is 165 Å². The molecule has 4 rings (SSSR count). The summed E-state index contributed by atoms with van der Waals surface area (Å²) >= 11 is 6.61. The van der Waals surface area contributed by atoms with E-state index in [9.17, 15) is 4.79 Å². The molecule has 0 saturated carbocycles. The van der Waals surface area contributed by atoms with Gasteiger partial charge < -0.3 is 4.90 Å². The smallest absolute Gasteiger partial charge is 0.258 e. The van der Waals surface area contributed by atoms with Crippen LogP contribution in [-0.4, -0.2) is 17.4 Å². The molecule has 0 atom stereocenters. The van der Waals surface area contributed by atoms with Crippen LogP contribution in [-0.2, 0) is 12.8 Å². The molecule has 3 nitrogen and oxygen atoms in total. The quantitative estimate of drug-likeness (QED) is 0.579. The lowest BCUT2D eigenvalue weighted by Gasteiger charge is -2.23. The van der Waals surface area contributed by atoms with Crippen LogP contribution in [0.5, 0.6) is 0 Å². The first-order valence-electron chi connectivity index (χ1n) is 9.58. The highest BCUT2D eigenvalue weighted by molar-refractivity contribution is 6.36. The van der Waals surface area contributed by atoms with Crippen molar-refractivity contribution in [2.24, 2.45) is 0 Å². The van der Waals surface area contributed by atoms with Crippen molar-refractivity contribution >= 4 is 34.1 Å². The third-order valence-electron chi connectivity index (χ3n) is 5.20. The fourth-order valence-corrected chi connectivity index (χ4v) is 4.22. The fourth-order valence-electron chi connectivity index (χ4n) is 3.86. The van der Waals surface area contributed by atoms with Crippen LogP contribution in [0.2, 0.25) is 5.02 Å². The number of halogens is 1. The van der Waals surface area contributed by atoms with Crippen LogP contribution in [0.3, 0.4) is 0 Å². The highest BCUT2D eigenvalue weighted by Gasteiger charge is 2.21. The Hall–Kier alpha value is -2.39. The van der Waals surface area contributed by atoms with Gasteiger partial charge >= 0.3 is 0 Å². The predicted octanol–water partition coefficient (Wildman–Crippen LogP) is 5.74. The van der Waals surface area contributed by atoms with Crippen molar-refractivity contribution < 1.29 is 4.79 Å². The second-order valence-corrected chi connectivity index (χ2v) is 7.61. The van der Waals surface area contributed by atoms with Gasteiger partial charge in [0.25, 0.3) is 5.91 Å². The van der Waals surface area contributed by atoms with Crippen LogP contribution in [0.25, 0.3) is 10.9 Å². The van der Waals surface area contributed by atoms with Gasteiger partial charge in [0.1, 0.15) is 0 Å². The summed E-state index contributed by atoms with van der Waals surface area (Å²) in [5.74, 6) is 0.00257. The molecule has 1 aliphatic carbocycles. The topological polar surface area (TPSA) is 33.2 Å². The van der Waals surface area contributed by atoms with Crippen molar-refractivity contribution in [3.63, 3.8) is 0 Å². The number of hydrogen-bond acceptors (Lipinski definition) is 2. The van der Waals surface area contributed by atoms with E-state index in [1.54, 1.807) is 0 Å². The lowest BCUT2D eigenvalue weighted by molar-refractivity contribution is 0.0987. The molecule has 3 aromatic rings. The SMILES string of the molecule is CCCN(C(=O)c1ccc2c(Cl)c3c(nc2c1)CCC3)c1cccc(C)c1. The first kappa shape index (κ1) is 18.0. The van der Waals surface area contributed by atoms with Gasteiger partial charge in [-0.3, -0.25) is 9.78 Å². The van der Waals surface area contributed by atoms with Gasteiger partial charge in [-0.2, -0.15) is 0 Å². The van der Waals surface area contributed by atoms with E-state index in [2.05, 4.69) is 13.0 Å². The number of carbonyl (C=O) groups excluding carboxylic acids is 1. The van der Waals surface area contributed by atoms with E-state index in [1.165, 1.54) is 5.56 Å². The normalized spacial score (nSPS) is 13.0. The molecule has 1 heterocycles. The number of benzene rings is 2. The van der Waals surface area contributed by atoms with Gasteiger partial charge in [0.15, 0.2) is 0 Å². The zero-order chi connectivity index (χ0) is 19.0. The number of rotatable bonds is 4. The molecular formula is C23H23ClN2O. The lowest BCUT2D eigenvalue weighted by atomic mass is 10.1. The van der Waals surface area contributed by atoms with E-state index in [4.69, 9.17) is 16.6 Å². The number of pyridine rings is 1. The Kier molecular flexibility index (Phi) is 4.88. The molecule has 0 radical (unpaired) electrons. The predicted molar refractivity (Wildman–Crippen MR) is 112 cm³/mol. The Morgan fingerprint density at radius 2 is 2.04 bits per heavy atom. The standard InChI is InChI=1S/C23H23ClN2O/c1-3-12-26(17-7-4-6-15(2)13-17)23(27)16-10-11-19-21(14-16)25-20-9-5-8-18(20)22(19)24/h4,6-7,10-11,13-14H,3,5,8-9,12H2,1-2H3. The van der Waals surface area contributed by atoms with Gasteiger partial charge in [0.05, 0.1) is 10.5 Å². The lowest BCUT2D eigenvalue weighted by Crippen LogP contribution is -2.31. The molecule has 138 valence electrons. The number of anilines is 1. The van der Waals surface area contributed by atoms with Gasteiger partial charge in [0.2, 0.25) is 0 Å².